The zero-order chi connectivity index (χ0) is 15.9. The van der Waals surface area contributed by atoms with Gasteiger partial charge in [0.2, 0.25) is 0 Å². The molecule has 1 aromatic carbocycles. The summed E-state index contributed by atoms with van der Waals surface area (Å²) in [5.74, 6) is -0.671. The van der Waals surface area contributed by atoms with Crippen LogP contribution in [0.4, 0.5) is 5.69 Å². The van der Waals surface area contributed by atoms with Gasteiger partial charge in [0, 0.05) is 19.3 Å². The van der Waals surface area contributed by atoms with Crippen LogP contribution in [0.2, 0.25) is 0 Å². The zero-order valence-corrected chi connectivity index (χ0v) is 13.1. The van der Waals surface area contributed by atoms with Crippen molar-refractivity contribution >= 4 is 21.8 Å². The Hall–Kier alpha value is -2.35. The van der Waals surface area contributed by atoms with E-state index in [1.807, 2.05) is 12.1 Å². The zero-order valence-electron chi connectivity index (χ0n) is 12.3. The number of hydrogen-bond donors (Lipinski definition) is 1. The maximum Gasteiger partial charge on any atom is 0.326 e. The normalized spacial score (nSPS) is 14.0. The molecule has 0 unspecified atom stereocenters. The van der Waals surface area contributed by atoms with Crippen LogP contribution in [0.15, 0.2) is 30.5 Å². The van der Waals surface area contributed by atoms with Crippen LogP contribution in [0.5, 0.6) is 0 Å². The fraction of sp³-hybridized carbons (Fsp3) is 0.286. The minimum Gasteiger partial charge on any atom is -0.272 e. The van der Waals surface area contributed by atoms with Crippen molar-refractivity contribution in [2.75, 3.05) is 10.8 Å². The fourth-order valence-electron chi connectivity index (χ4n) is 2.51. The number of carbonyl (C=O) groups is 1. The number of fused-ring (bicyclic) bond motifs is 1. The van der Waals surface area contributed by atoms with Gasteiger partial charge in [-0.1, -0.05) is 18.2 Å². The number of carbonyl (C=O) groups excluding carboxylic acids is 1. The molecule has 0 saturated heterocycles. The third kappa shape index (κ3) is 2.35. The molecule has 7 nitrogen and oxygen atoms in total. The number of aryl methyl sites for hydroxylation is 1. The summed E-state index contributed by atoms with van der Waals surface area (Å²) in [5.41, 5.74) is 2.43. The lowest BCUT2D eigenvalue weighted by Gasteiger charge is -2.19. The number of rotatable bonds is 3. The Morgan fingerprint density at radius 2 is 2.05 bits per heavy atom. The maximum atomic E-state index is 12.5. The van der Waals surface area contributed by atoms with Crippen LogP contribution in [0.1, 0.15) is 21.6 Å². The van der Waals surface area contributed by atoms with Gasteiger partial charge in [-0.15, -0.1) is 0 Å². The monoisotopic (exact) mass is 320 g/mol. The Bertz CT molecular complexity index is 842. The SMILES string of the molecule is Cc1c(C(=O)NS(=O)(=O)N2CCc3ccccc32)cnn1C. The minimum absolute atomic E-state index is 0.249. The Kier molecular flexibility index (Phi) is 3.40. The van der Waals surface area contributed by atoms with Crippen LogP contribution in [0.25, 0.3) is 0 Å². The number of nitrogens with one attached hydrogen (secondary N) is 1. The van der Waals surface area contributed by atoms with Crippen LogP contribution in [-0.4, -0.2) is 30.7 Å². The van der Waals surface area contributed by atoms with Crippen LogP contribution in [0, 0.1) is 6.92 Å². The highest BCUT2D eigenvalue weighted by molar-refractivity contribution is 7.91. The number of amides is 1. The molecule has 8 heteroatoms. The topological polar surface area (TPSA) is 84.3 Å². The molecule has 3 rings (SSSR count). The molecule has 116 valence electrons. The van der Waals surface area contributed by atoms with Gasteiger partial charge < -0.3 is 0 Å². The molecular weight excluding hydrogens is 304 g/mol. The van der Waals surface area contributed by atoms with E-state index >= 15 is 0 Å². The highest BCUT2D eigenvalue weighted by Crippen LogP contribution is 2.29. The van der Waals surface area contributed by atoms with Gasteiger partial charge >= 0.3 is 10.2 Å². The summed E-state index contributed by atoms with van der Waals surface area (Å²) in [6.45, 7) is 2.04. The molecule has 1 aromatic heterocycles. The molecule has 2 aromatic rings. The van der Waals surface area contributed by atoms with Crippen molar-refractivity contribution in [1.29, 1.82) is 0 Å². The van der Waals surface area contributed by atoms with Crippen LogP contribution < -0.4 is 9.03 Å². The first kappa shape index (κ1) is 14.6. The van der Waals surface area contributed by atoms with Crippen LogP contribution in [-0.2, 0) is 23.7 Å². The summed E-state index contributed by atoms with van der Waals surface area (Å²) in [6, 6.07) is 7.27. The third-order valence-corrected chi connectivity index (χ3v) is 5.24. The molecule has 0 fully saturated rings. The van der Waals surface area contributed by atoms with Crippen molar-refractivity contribution in [2.24, 2.45) is 7.05 Å². The summed E-state index contributed by atoms with van der Waals surface area (Å²) < 4.78 is 29.8. The van der Waals surface area contributed by atoms with Crippen molar-refractivity contribution in [1.82, 2.24) is 14.5 Å². The molecule has 0 spiro atoms. The van der Waals surface area contributed by atoms with Crippen molar-refractivity contribution in [3.63, 3.8) is 0 Å². The lowest BCUT2D eigenvalue weighted by molar-refractivity contribution is 0.0980. The van der Waals surface area contributed by atoms with Crippen LogP contribution >= 0.6 is 0 Å². The molecule has 1 N–H and O–H groups in total. The predicted octanol–water partition coefficient (Wildman–Crippen LogP) is 0.766. The Morgan fingerprint density at radius 3 is 2.73 bits per heavy atom. The van der Waals surface area contributed by atoms with E-state index in [1.54, 1.807) is 26.1 Å². The Morgan fingerprint density at radius 1 is 1.32 bits per heavy atom. The molecule has 1 aliphatic rings. The highest BCUT2D eigenvalue weighted by atomic mass is 32.2. The molecule has 0 atom stereocenters. The van der Waals surface area contributed by atoms with E-state index in [2.05, 4.69) is 9.82 Å². The number of nitrogens with zero attached hydrogens (tertiary/aromatic N) is 3. The number of hydrogen-bond acceptors (Lipinski definition) is 4. The Balaban J connectivity index is 1.86. The predicted molar refractivity (Wildman–Crippen MR) is 81.8 cm³/mol. The smallest absolute Gasteiger partial charge is 0.272 e. The van der Waals surface area contributed by atoms with E-state index in [9.17, 15) is 13.2 Å². The number of aromatic nitrogens is 2. The largest absolute Gasteiger partial charge is 0.326 e. The maximum absolute atomic E-state index is 12.5. The van der Waals surface area contributed by atoms with Gasteiger partial charge in [-0.3, -0.25) is 13.8 Å². The number of anilines is 1. The summed E-state index contributed by atoms with van der Waals surface area (Å²) in [5, 5.41) is 3.95. The van der Waals surface area contributed by atoms with E-state index in [1.165, 1.54) is 15.2 Å². The standard InChI is InChI=1S/C14H16N4O3S/c1-10-12(9-15-17(10)2)14(19)16-22(20,21)18-8-7-11-5-3-4-6-13(11)18/h3-6,9H,7-8H2,1-2H3,(H,16,19). The molecule has 0 radical (unpaired) electrons. The van der Waals surface area contributed by atoms with Gasteiger partial charge in [0.25, 0.3) is 5.91 Å². The molecule has 0 bridgehead atoms. The van der Waals surface area contributed by atoms with Gasteiger partial charge in [0.15, 0.2) is 0 Å². The third-order valence-electron chi connectivity index (χ3n) is 3.84. The molecule has 2 heterocycles. The lowest BCUT2D eigenvalue weighted by Crippen LogP contribution is -2.43. The molecule has 0 aliphatic carbocycles. The average molecular weight is 320 g/mol. The summed E-state index contributed by atoms with van der Waals surface area (Å²) in [4.78, 5) is 12.2. The molecule has 22 heavy (non-hydrogen) atoms. The van der Waals surface area contributed by atoms with Gasteiger partial charge in [0.05, 0.1) is 17.4 Å². The quantitative estimate of drug-likeness (QED) is 0.905. The van der Waals surface area contributed by atoms with E-state index in [4.69, 9.17) is 0 Å². The van der Waals surface area contributed by atoms with E-state index in [0.717, 1.165) is 5.56 Å². The summed E-state index contributed by atoms with van der Waals surface area (Å²) >= 11 is 0. The molecule has 1 aliphatic heterocycles. The number of benzene rings is 1. The minimum atomic E-state index is -3.93. The average Bonchev–Trinajstić information content (AvgIpc) is 3.03. The second kappa shape index (κ2) is 5.13. The molecular formula is C14H16N4O3S. The highest BCUT2D eigenvalue weighted by Gasteiger charge is 2.31. The van der Waals surface area contributed by atoms with Crippen molar-refractivity contribution in [3.8, 4) is 0 Å². The van der Waals surface area contributed by atoms with Crippen molar-refractivity contribution in [2.45, 2.75) is 13.3 Å². The van der Waals surface area contributed by atoms with Crippen molar-refractivity contribution in [3.05, 3.63) is 47.3 Å². The van der Waals surface area contributed by atoms with Gasteiger partial charge in [-0.25, -0.2) is 4.72 Å². The Labute approximate surface area is 128 Å². The summed E-state index contributed by atoms with van der Waals surface area (Å²) in [7, 11) is -2.24. The van der Waals surface area contributed by atoms with Gasteiger partial charge in [0.1, 0.15) is 0 Å². The van der Waals surface area contributed by atoms with E-state index in [0.29, 0.717) is 24.3 Å². The van der Waals surface area contributed by atoms with Gasteiger partial charge in [-0.2, -0.15) is 13.5 Å². The van der Waals surface area contributed by atoms with E-state index in [-0.39, 0.29) is 5.56 Å². The first-order valence-corrected chi connectivity index (χ1v) is 8.25. The second-order valence-corrected chi connectivity index (χ2v) is 6.75. The van der Waals surface area contributed by atoms with Gasteiger partial charge in [-0.05, 0) is 25.0 Å². The number of para-hydroxylation sites is 1. The molecule has 0 saturated carbocycles. The van der Waals surface area contributed by atoms with Crippen LogP contribution in [0.3, 0.4) is 0 Å². The first-order valence-electron chi connectivity index (χ1n) is 6.81. The van der Waals surface area contributed by atoms with Crippen molar-refractivity contribution < 1.29 is 13.2 Å². The summed E-state index contributed by atoms with van der Waals surface area (Å²) in [6.07, 6.45) is 2.00. The second-order valence-electron chi connectivity index (χ2n) is 5.15. The first-order chi connectivity index (χ1) is 10.4. The van der Waals surface area contributed by atoms with E-state index < -0.39 is 16.1 Å². The fourth-order valence-corrected chi connectivity index (χ4v) is 3.73. The lowest BCUT2D eigenvalue weighted by atomic mass is 10.2. The molecule has 1 amide bonds.